The Morgan fingerprint density at radius 2 is 2.00 bits per heavy atom. The predicted octanol–water partition coefficient (Wildman–Crippen LogP) is 2.76. The molecule has 0 amide bonds. The number of benzene rings is 1. The van der Waals surface area contributed by atoms with Crippen molar-refractivity contribution < 1.29 is 34.4 Å². The number of aliphatic hydroxyl groups is 2. The molecule has 0 aliphatic heterocycles. The van der Waals surface area contributed by atoms with E-state index in [0.29, 0.717) is 23.6 Å². The van der Waals surface area contributed by atoms with Crippen LogP contribution in [0.25, 0.3) is 0 Å². The number of carboxylic acids is 1. The summed E-state index contributed by atoms with van der Waals surface area (Å²) in [4.78, 5) is 22.9. The molecule has 0 spiro atoms. The van der Waals surface area contributed by atoms with Gasteiger partial charge in [0, 0.05) is 30.7 Å². The number of Topliss-reactive ketones (excluding diaryl/α,β-unsaturated/α-hetero) is 1. The number of carbonyl (C=O) groups is 2. The van der Waals surface area contributed by atoms with Crippen LogP contribution in [0.5, 0.6) is 5.75 Å². The largest absolute Gasteiger partial charge is 0.491 e. The summed E-state index contributed by atoms with van der Waals surface area (Å²) >= 11 is 5.81. The highest BCUT2D eigenvalue weighted by Crippen LogP contribution is 2.34. The monoisotopic (exact) mass is 426 g/mol. The third-order valence-corrected chi connectivity index (χ3v) is 4.93. The maximum Gasteiger partial charge on any atom is 0.303 e. The molecular formula is C21H27ClO7. The van der Waals surface area contributed by atoms with E-state index in [-0.39, 0.29) is 44.7 Å². The number of hydrogen-bond donors (Lipinski definition) is 3. The van der Waals surface area contributed by atoms with Crippen molar-refractivity contribution in [3.8, 4) is 5.75 Å². The number of aliphatic hydroxyl groups excluding tert-OH is 2. The first-order valence-electron chi connectivity index (χ1n) is 9.59. The fourth-order valence-electron chi connectivity index (χ4n) is 3.15. The zero-order valence-corrected chi connectivity index (χ0v) is 16.9. The zero-order chi connectivity index (χ0) is 21.3. The summed E-state index contributed by atoms with van der Waals surface area (Å²) in [6.45, 7) is -0.127. The van der Waals surface area contributed by atoms with Gasteiger partial charge in [-0.15, -0.1) is 0 Å². The van der Waals surface area contributed by atoms with Gasteiger partial charge in [-0.1, -0.05) is 23.8 Å². The van der Waals surface area contributed by atoms with Crippen LogP contribution in [0.2, 0.25) is 5.02 Å². The first-order valence-corrected chi connectivity index (χ1v) is 9.97. The van der Waals surface area contributed by atoms with Crippen LogP contribution in [0.4, 0.5) is 0 Å². The first kappa shape index (κ1) is 23.3. The smallest absolute Gasteiger partial charge is 0.303 e. The van der Waals surface area contributed by atoms with Gasteiger partial charge in [0.2, 0.25) is 0 Å². The number of ether oxygens (including phenoxy) is 2. The van der Waals surface area contributed by atoms with E-state index in [2.05, 4.69) is 0 Å². The van der Waals surface area contributed by atoms with E-state index in [0.717, 1.165) is 0 Å². The summed E-state index contributed by atoms with van der Waals surface area (Å²) in [6, 6.07) is 6.72. The van der Waals surface area contributed by atoms with E-state index in [1.165, 1.54) is 0 Å². The molecule has 160 valence electrons. The number of ketones is 1. The Balaban J connectivity index is 1.84. The molecule has 0 radical (unpaired) electrons. The predicted molar refractivity (Wildman–Crippen MR) is 107 cm³/mol. The van der Waals surface area contributed by atoms with Crippen molar-refractivity contribution in [1.82, 2.24) is 0 Å². The van der Waals surface area contributed by atoms with Gasteiger partial charge in [-0.3, -0.25) is 9.59 Å². The summed E-state index contributed by atoms with van der Waals surface area (Å²) in [5.74, 6) is -0.493. The van der Waals surface area contributed by atoms with E-state index in [1.54, 1.807) is 30.3 Å². The molecule has 1 saturated carbocycles. The maximum absolute atomic E-state index is 12.4. The average Bonchev–Trinajstić information content (AvgIpc) is 2.95. The zero-order valence-electron chi connectivity index (χ0n) is 16.1. The summed E-state index contributed by atoms with van der Waals surface area (Å²) < 4.78 is 11.3. The number of hydrogen-bond acceptors (Lipinski definition) is 6. The number of carboxylic acid groups (broad SMARTS) is 1. The van der Waals surface area contributed by atoms with Crippen molar-refractivity contribution in [2.75, 3.05) is 13.2 Å². The summed E-state index contributed by atoms with van der Waals surface area (Å²) in [6.07, 6.45) is 3.48. The number of halogens is 1. The number of rotatable bonds is 12. The molecule has 0 heterocycles. The second-order valence-corrected chi connectivity index (χ2v) is 7.61. The first-order chi connectivity index (χ1) is 13.8. The molecule has 1 aliphatic rings. The van der Waals surface area contributed by atoms with Gasteiger partial charge < -0.3 is 24.8 Å². The van der Waals surface area contributed by atoms with Gasteiger partial charge in [0.05, 0.1) is 12.7 Å². The third-order valence-electron chi connectivity index (χ3n) is 4.68. The average molecular weight is 427 g/mol. The minimum Gasteiger partial charge on any atom is -0.491 e. The minimum absolute atomic E-state index is 0.0144. The van der Waals surface area contributed by atoms with Crippen LogP contribution >= 0.6 is 11.6 Å². The van der Waals surface area contributed by atoms with Crippen molar-refractivity contribution >= 4 is 23.4 Å². The third kappa shape index (κ3) is 7.78. The number of unbranched alkanes of at least 4 members (excludes halogenated alkanes) is 1. The lowest BCUT2D eigenvalue weighted by Crippen LogP contribution is -2.40. The molecule has 0 saturated heterocycles. The number of allylic oxidation sites excluding steroid dienone is 1. The standard InChI is InChI=1S/C21H27ClO7/c22-15-6-8-18(9-7-15)28-13-17(24)14-29-21(12-16(23)11-19(21)25)10-4-2-1-3-5-20(26)27/h2,4,6-9,16-17,23-24H,1,3,5,10-14H2,(H,26,27). The maximum atomic E-state index is 12.4. The van der Waals surface area contributed by atoms with Crippen molar-refractivity contribution in [3.05, 3.63) is 41.4 Å². The molecule has 1 aromatic carbocycles. The Morgan fingerprint density at radius 1 is 1.28 bits per heavy atom. The van der Waals surface area contributed by atoms with Crippen LogP contribution in [-0.4, -0.2) is 58.1 Å². The molecule has 7 nitrogen and oxygen atoms in total. The molecular weight excluding hydrogens is 400 g/mol. The van der Waals surface area contributed by atoms with E-state index >= 15 is 0 Å². The summed E-state index contributed by atoms with van der Waals surface area (Å²) in [5, 5.41) is 29.3. The van der Waals surface area contributed by atoms with Crippen LogP contribution in [0.1, 0.15) is 38.5 Å². The Bertz CT molecular complexity index is 703. The van der Waals surface area contributed by atoms with E-state index in [9.17, 15) is 19.8 Å². The second-order valence-electron chi connectivity index (χ2n) is 7.17. The topological polar surface area (TPSA) is 113 Å². The highest BCUT2D eigenvalue weighted by Gasteiger charge is 2.46. The normalized spacial score (nSPS) is 22.9. The van der Waals surface area contributed by atoms with Gasteiger partial charge >= 0.3 is 5.97 Å². The fraction of sp³-hybridized carbons (Fsp3) is 0.524. The number of carbonyl (C=O) groups excluding carboxylic acids is 1. The Morgan fingerprint density at radius 3 is 2.62 bits per heavy atom. The molecule has 1 fully saturated rings. The fourth-order valence-corrected chi connectivity index (χ4v) is 3.28. The molecule has 3 N–H and O–H groups in total. The van der Waals surface area contributed by atoms with Crippen LogP contribution in [0.3, 0.4) is 0 Å². The Labute approximate surface area is 174 Å². The van der Waals surface area contributed by atoms with Crippen LogP contribution in [0, 0.1) is 0 Å². The van der Waals surface area contributed by atoms with Gasteiger partial charge in [0.1, 0.15) is 24.1 Å². The van der Waals surface area contributed by atoms with Gasteiger partial charge in [-0.2, -0.15) is 0 Å². The molecule has 0 aromatic heterocycles. The lowest BCUT2D eigenvalue weighted by Gasteiger charge is -2.28. The molecule has 3 atom stereocenters. The van der Waals surface area contributed by atoms with Gasteiger partial charge in [0.25, 0.3) is 0 Å². The molecule has 29 heavy (non-hydrogen) atoms. The Kier molecular flexibility index (Phi) is 9.10. The molecule has 8 heteroatoms. The number of aliphatic carboxylic acids is 1. The van der Waals surface area contributed by atoms with E-state index in [1.807, 2.05) is 6.08 Å². The highest BCUT2D eigenvalue weighted by atomic mass is 35.5. The van der Waals surface area contributed by atoms with E-state index in [4.69, 9.17) is 26.2 Å². The summed E-state index contributed by atoms with van der Waals surface area (Å²) in [5.41, 5.74) is -1.18. The lowest BCUT2D eigenvalue weighted by atomic mass is 9.95. The van der Waals surface area contributed by atoms with Gasteiger partial charge in [0.15, 0.2) is 5.78 Å². The quantitative estimate of drug-likeness (QED) is 0.348. The van der Waals surface area contributed by atoms with Crippen LogP contribution < -0.4 is 4.74 Å². The highest BCUT2D eigenvalue weighted by molar-refractivity contribution is 6.30. The summed E-state index contributed by atoms with van der Waals surface area (Å²) in [7, 11) is 0. The molecule has 1 aliphatic carbocycles. The van der Waals surface area contributed by atoms with Crippen molar-refractivity contribution in [3.63, 3.8) is 0 Å². The molecule has 3 unspecified atom stereocenters. The Hall–Kier alpha value is -1.93. The second kappa shape index (κ2) is 11.3. The minimum atomic E-state index is -1.18. The molecule has 1 aromatic rings. The van der Waals surface area contributed by atoms with E-state index < -0.39 is 23.8 Å². The molecule has 2 rings (SSSR count). The van der Waals surface area contributed by atoms with Crippen molar-refractivity contribution in [2.24, 2.45) is 0 Å². The van der Waals surface area contributed by atoms with Crippen LogP contribution in [-0.2, 0) is 14.3 Å². The van der Waals surface area contributed by atoms with Gasteiger partial charge in [-0.05, 0) is 37.1 Å². The molecule has 0 bridgehead atoms. The van der Waals surface area contributed by atoms with Gasteiger partial charge in [-0.25, -0.2) is 0 Å². The van der Waals surface area contributed by atoms with Crippen molar-refractivity contribution in [1.29, 1.82) is 0 Å². The van der Waals surface area contributed by atoms with Crippen molar-refractivity contribution in [2.45, 2.75) is 56.3 Å². The lowest BCUT2D eigenvalue weighted by molar-refractivity contribution is -0.145. The van der Waals surface area contributed by atoms with Crippen LogP contribution in [0.15, 0.2) is 36.4 Å². The SMILES string of the molecule is O=C(O)CCCC=CCC1(OCC(O)COc2ccc(Cl)cc2)CC(O)CC1=O.